The molecule has 5 rings (SSSR count). The summed E-state index contributed by atoms with van der Waals surface area (Å²) < 4.78 is 3.78. The number of likely N-dealkylation sites (tertiary alicyclic amines) is 1. The fourth-order valence-electron chi connectivity index (χ4n) is 4.51. The van der Waals surface area contributed by atoms with E-state index in [1.165, 1.54) is 9.13 Å². The van der Waals surface area contributed by atoms with Gasteiger partial charge in [-0.3, -0.25) is 18.7 Å². The van der Waals surface area contributed by atoms with Gasteiger partial charge in [-0.1, -0.05) is 24.3 Å². The molecule has 1 fully saturated rings. The lowest BCUT2D eigenvalue weighted by molar-refractivity contribution is -0.133. The molecule has 164 valence electrons. The topological polar surface area (TPSA) is 77.2 Å². The van der Waals surface area contributed by atoms with Crippen LogP contribution >= 0.6 is 11.3 Å². The van der Waals surface area contributed by atoms with Crippen LogP contribution in [0.2, 0.25) is 0 Å². The van der Waals surface area contributed by atoms with E-state index in [4.69, 9.17) is 4.98 Å². The summed E-state index contributed by atoms with van der Waals surface area (Å²) in [5.41, 5.74) is 0.742. The van der Waals surface area contributed by atoms with Crippen molar-refractivity contribution in [3.8, 4) is 0 Å². The number of hydrogen-bond acceptors (Lipinski definition) is 5. The van der Waals surface area contributed by atoms with Crippen LogP contribution in [0.1, 0.15) is 30.7 Å². The molecule has 0 saturated carbocycles. The van der Waals surface area contributed by atoms with E-state index in [0.29, 0.717) is 24.0 Å². The third-order valence-electron chi connectivity index (χ3n) is 6.18. The van der Waals surface area contributed by atoms with Crippen LogP contribution in [-0.4, -0.2) is 38.0 Å². The molecule has 1 aliphatic rings. The van der Waals surface area contributed by atoms with Gasteiger partial charge in [-0.05, 0) is 44.0 Å². The first-order valence-corrected chi connectivity index (χ1v) is 11.7. The summed E-state index contributed by atoms with van der Waals surface area (Å²) in [7, 11) is 0. The molecule has 4 aromatic rings. The van der Waals surface area contributed by atoms with E-state index < -0.39 is 5.69 Å². The van der Waals surface area contributed by atoms with Crippen LogP contribution in [0.5, 0.6) is 0 Å². The van der Waals surface area contributed by atoms with Crippen molar-refractivity contribution in [2.45, 2.75) is 38.8 Å². The highest BCUT2D eigenvalue weighted by Crippen LogP contribution is 2.33. The smallest absolute Gasteiger partial charge is 0.331 e. The molecule has 1 saturated heterocycles. The number of thiazole rings is 1. The molecule has 1 amide bonds. The van der Waals surface area contributed by atoms with Crippen molar-refractivity contribution in [2.24, 2.45) is 0 Å². The number of nitrogens with zero attached hydrogens (tertiary/aromatic N) is 4. The van der Waals surface area contributed by atoms with Gasteiger partial charge in [0.15, 0.2) is 0 Å². The molecule has 1 aliphatic heterocycles. The minimum absolute atomic E-state index is 0.0772. The SMILES string of the molecule is CCn1c(=O)c2ccccc2n(CC(=O)N2CCCC(c3nc4ccccc4s3)C2)c1=O. The van der Waals surface area contributed by atoms with Crippen molar-refractivity contribution >= 4 is 38.4 Å². The molecule has 0 bridgehead atoms. The van der Waals surface area contributed by atoms with Gasteiger partial charge in [0.05, 0.1) is 26.1 Å². The number of piperidine rings is 1. The minimum Gasteiger partial charge on any atom is -0.340 e. The Morgan fingerprint density at radius 3 is 2.69 bits per heavy atom. The third kappa shape index (κ3) is 3.54. The number of carbonyl (C=O) groups excluding carboxylic acids is 1. The van der Waals surface area contributed by atoms with Crippen molar-refractivity contribution in [1.82, 2.24) is 19.0 Å². The van der Waals surface area contributed by atoms with Crippen LogP contribution < -0.4 is 11.2 Å². The maximum Gasteiger partial charge on any atom is 0.331 e. The van der Waals surface area contributed by atoms with Gasteiger partial charge in [0.1, 0.15) is 6.54 Å². The zero-order chi connectivity index (χ0) is 22.2. The molecule has 1 unspecified atom stereocenters. The molecular weight excluding hydrogens is 424 g/mol. The summed E-state index contributed by atoms with van der Waals surface area (Å²) in [6.45, 7) is 3.21. The molecule has 0 N–H and O–H groups in total. The van der Waals surface area contributed by atoms with Crippen LogP contribution in [0, 0.1) is 0 Å². The number of rotatable bonds is 4. The molecule has 0 spiro atoms. The second kappa shape index (κ2) is 8.35. The summed E-state index contributed by atoms with van der Waals surface area (Å²) in [4.78, 5) is 45.5. The van der Waals surface area contributed by atoms with Crippen LogP contribution in [0.25, 0.3) is 21.1 Å². The van der Waals surface area contributed by atoms with Gasteiger partial charge in [0, 0.05) is 25.6 Å². The van der Waals surface area contributed by atoms with Gasteiger partial charge in [-0.25, -0.2) is 9.78 Å². The highest BCUT2D eigenvalue weighted by Gasteiger charge is 2.27. The lowest BCUT2D eigenvalue weighted by Gasteiger charge is -2.32. The number of amides is 1. The zero-order valence-corrected chi connectivity index (χ0v) is 18.7. The van der Waals surface area contributed by atoms with Crippen molar-refractivity contribution in [2.75, 3.05) is 13.1 Å². The van der Waals surface area contributed by atoms with Gasteiger partial charge in [0.2, 0.25) is 5.91 Å². The van der Waals surface area contributed by atoms with Gasteiger partial charge in [-0.15, -0.1) is 11.3 Å². The first-order chi connectivity index (χ1) is 15.6. The number of fused-ring (bicyclic) bond motifs is 2. The van der Waals surface area contributed by atoms with Gasteiger partial charge >= 0.3 is 5.69 Å². The number of aromatic nitrogens is 3. The van der Waals surface area contributed by atoms with E-state index in [1.807, 2.05) is 23.1 Å². The van der Waals surface area contributed by atoms with Crippen LogP contribution in [0.3, 0.4) is 0 Å². The Labute approximate surface area is 188 Å². The molecule has 2 aromatic carbocycles. The summed E-state index contributed by atoms with van der Waals surface area (Å²) >= 11 is 1.69. The summed E-state index contributed by atoms with van der Waals surface area (Å²) in [5.74, 6) is 0.0903. The van der Waals surface area contributed by atoms with Gasteiger partial charge < -0.3 is 4.90 Å². The van der Waals surface area contributed by atoms with Crippen LogP contribution in [0.15, 0.2) is 58.1 Å². The van der Waals surface area contributed by atoms with Crippen LogP contribution in [0.4, 0.5) is 0 Å². The fourth-order valence-corrected chi connectivity index (χ4v) is 5.60. The Balaban J connectivity index is 1.43. The van der Waals surface area contributed by atoms with E-state index >= 15 is 0 Å². The van der Waals surface area contributed by atoms with E-state index in [-0.39, 0.29) is 30.5 Å². The van der Waals surface area contributed by atoms with Crippen LogP contribution in [-0.2, 0) is 17.9 Å². The lowest BCUT2D eigenvalue weighted by atomic mass is 9.98. The highest BCUT2D eigenvalue weighted by molar-refractivity contribution is 7.18. The summed E-state index contributed by atoms with van der Waals surface area (Å²) in [6, 6.07) is 15.1. The lowest BCUT2D eigenvalue weighted by Crippen LogP contribution is -2.45. The molecule has 32 heavy (non-hydrogen) atoms. The van der Waals surface area contributed by atoms with Gasteiger partial charge in [0.25, 0.3) is 5.56 Å². The van der Waals surface area contributed by atoms with Gasteiger partial charge in [-0.2, -0.15) is 0 Å². The molecule has 3 heterocycles. The highest BCUT2D eigenvalue weighted by atomic mass is 32.1. The van der Waals surface area contributed by atoms with Crippen molar-refractivity contribution in [3.63, 3.8) is 0 Å². The Hall–Kier alpha value is -3.26. The van der Waals surface area contributed by atoms with E-state index in [0.717, 1.165) is 28.1 Å². The second-order valence-electron chi connectivity index (χ2n) is 8.13. The molecular formula is C24H24N4O3S. The Kier molecular flexibility index (Phi) is 5.38. The van der Waals surface area contributed by atoms with Crippen molar-refractivity contribution < 1.29 is 4.79 Å². The summed E-state index contributed by atoms with van der Waals surface area (Å²) in [5, 5.41) is 1.51. The summed E-state index contributed by atoms with van der Waals surface area (Å²) in [6.07, 6.45) is 1.89. The Morgan fingerprint density at radius 1 is 1.09 bits per heavy atom. The molecule has 8 heteroatoms. The predicted molar refractivity (Wildman–Crippen MR) is 126 cm³/mol. The molecule has 0 aliphatic carbocycles. The largest absolute Gasteiger partial charge is 0.340 e. The van der Waals surface area contributed by atoms with Crippen molar-refractivity contribution in [3.05, 3.63) is 74.4 Å². The molecule has 2 aromatic heterocycles. The third-order valence-corrected chi connectivity index (χ3v) is 7.37. The number of carbonyl (C=O) groups is 1. The molecule has 0 radical (unpaired) electrons. The maximum absolute atomic E-state index is 13.3. The quantitative estimate of drug-likeness (QED) is 0.480. The number of benzene rings is 2. The first-order valence-electron chi connectivity index (χ1n) is 10.9. The standard InChI is InChI=1S/C24H24N4O3S/c1-2-27-23(30)17-9-3-5-11-19(17)28(24(27)31)15-21(29)26-13-7-8-16(14-26)22-25-18-10-4-6-12-20(18)32-22/h3-6,9-12,16H,2,7-8,13-15H2,1H3. The number of hydrogen-bond donors (Lipinski definition) is 0. The Bertz CT molecular complexity index is 1400. The molecule has 7 nitrogen and oxygen atoms in total. The predicted octanol–water partition coefficient (Wildman–Crippen LogP) is 3.20. The second-order valence-corrected chi connectivity index (χ2v) is 9.20. The van der Waals surface area contributed by atoms with E-state index in [2.05, 4.69) is 6.07 Å². The number of para-hydroxylation sites is 2. The monoisotopic (exact) mass is 448 g/mol. The zero-order valence-electron chi connectivity index (χ0n) is 17.9. The Morgan fingerprint density at radius 2 is 1.88 bits per heavy atom. The average molecular weight is 449 g/mol. The maximum atomic E-state index is 13.3. The molecule has 1 atom stereocenters. The van der Waals surface area contributed by atoms with Crippen molar-refractivity contribution in [1.29, 1.82) is 0 Å². The first kappa shape index (κ1) is 20.6. The van der Waals surface area contributed by atoms with E-state index in [9.17, 15) is 14.4 Å². The normalized spacial score (nSPS) is 16.7. The minimum atomic E-state index is -0.440. The fraction of sp³-hybridized carbons (Fsp3) is 0.333. The average Bonchev–Trinajstić information content (AvgIpc) is 3.26. The van der Waals surface area contributed by atoms with E-state index in [1.54, 1.807) is 42.5 Å².